The molecule has 10 heteroatoms. The Kier molecular flexibility index (Phi) is 4.90. The molecule has 1 aromatic carbocycles. The predicted molar refractivity (Wildman–Crippen MR) is 96.0 cm³/mol. The van der Waals surface area contributed by atoms with Crippen molar-refractivity contribution < 1.29 is 13.2 Å². The van der Waals surface area contributed by atoms with Crippen LogP contribution in [0.4, 0.5) is 0 Å². The number of nitrogens with zero attached hydrogens (tertiary/aromatic N) is 4. The summed E-state index contributed by atoms with van der Waals surface area (Å²) in [6, 6.07) is 5.68. The van der Waals surface area contributed by atoms with Gasteiger partial charge in [0.25, 0.3) is 0 Å². The molecule has 2 heterocycles. The Labute approximate surface area is 151 Å². The molecule has 0 amide bonds. The van der Waals surface area contributed by atoms with E-state index in [0.717, 1.165) is 5.39 Å². The summed E-state index contributed by atoms with van der Waals surface area (Å²) in [5.74, 6) is 0. The van der Waals surface area contributed by atoms with Crippen molar-refractivity contribution in [1.29, 1.82) is 0 Å². The molecule has 4 N–H and O–H groups in total. The lowest BCUT2D eigenvalue weighted by molar-refractivity contribution is 0.312. The largest absolute Gasteiger partial charge is 0.464 e. The average molecular weight is 376 g/mol. The second-order valence-electron chi connectivity index (χ2n) is 5.61. The number of nitrogens with two attached hydrogens (primary N) is 2. The van der Waals surface area contributed by atoms with Gasteiger partial charge < -0.3 is 10.5 Å². The van der Waals surface area contributed by atoms with Crippen LogP contribution in [0.25, 0.3) is 11.0 Å². The maximum atomic E-state index is 11.4. The zero-order valence-electron chi connectivity index (χ0n) is 14.5. The van der Waals surface area contributed by atoms with E-state index in [2.05, 4.69) is 15.1 Å². The van der Waals surface area contributed by atoms with Crippen LogP contribution in [0.15, 0.2) is 35.4 Å². The number of primary sulfonamides is 1. The Morgan fingerprint density at radius 3 is 2.46 bits per heavy atom. The Balaban J connectivity index is 2.09. The molecule has 2 aromatic heterocycles. The van der Waals surface area contributed by atoms with E-state index in [1.807, 2.05) is 13.8 Å². The van der Waals surface area contributed by atoms with Gasteiger partial charge in [0.05, 0.1) is 34.8 Å². The molecule has 0 aliphatic heterocycles. The van der Waals surface area contributed by atoms with E-state index in [4.69, 9.17) is 15.6 Å². The van der Waals surface area contributed by atoms with Gasteiger partial charge in [-0.15, -0.1) is 0 Å². The first-order chi connectivity index (χ1) is 12.3. The van der Waals surface area contributed by atoms with E-state index in [1.54, 1.807) is 23.0 Å². The molecule has 26 heavy (non-hydrogen) atoms. The van der Waals surface area contributed by atoms with E-state index in [9.17, 15) is 8.42 Å². The number of benzene rings is 1. The Morgan fingerprint density at radius 1 is 1.19 bits per heavy atom. The molecule has 0 fully saturated rings. The predicted octanol–water partition coefficient (Wildman–Crippen LogP) is 0.940. The standard InChI is InChI=1S/C16H20N6O3S/c1-3-22-15-12(9-19-22)14(20-16(21-15)25-4-2)13(17)10-5-7-11(8-6-10)26(18,23)24/h5-9,13H,3-4,17H2,1-2H3,(H2,18,23,24). The van der Waals surface area contributed by atoms with Crippen LogP contribution in [-0.2, 0) is 16.6 Å². The van der Waals surface area contributed by atoms with Crippen molar-refractivity contribution in [2.45, 2.75) is 31.3 Å². The highest BCUT2D eigenvalue weighted by molar-refractivity contribution is 7.89. The smallest absolute Gasteiger partial charge is 0.318 e. The van der Waals surface area contributed by atoms with Crippen molar-refractivity contribution in [2.24, 2.45) is 10.9 Å². The van der Waals surface area contributed by atoms with Crippen molar-refractivity contribution in [3.05, 3.63) is 41.7 Å². The number of ether oxygens (including phenoxy) is 1. The van der Waals surface area contributed by atoms with Crippen LogP contribution < -0.4 is 15.6 Å². The van der Waals surface area contributed by atoms with Crippen LogP contribution >= 0.6 is 0 Å². The third kappa shape index (κ3) is 3.39. The first kappa shape index (κ1) is 18.2. The molecule has 0 saturated heterocycles. The van der Waals surface area contributed by atoms with E-state index in [0.29, 0.717) is 30.1 Å². The summed E-state index contributed by atoms with van der Waals surface area (Å²) >= 11 is 0. The van der Waals surface area contributed by atoms with Gasteiger partial charge in [0.15, 0.2) is 5.65 Å². The first-order valence-corrected chi connectivity index (χ1v) is 9.64. The van der Waals surface area contributed by atoms with Gasteiger partial charge >= 0.3 is 6.01 Å². The second kappa shape index (κ2) is 6.98. The van der Waals surface area contributed by atoms with Crippen molar-refractivity contribution in [3.63, 3.8) is 0 Å². The second-order valence-corrected chi connectivity index (χ2v) is 7.18. The van der Waals surface area contributed by atoms with Gasteiger partial charge in [0, 0.05) is 6.54 Å². The monoisotopic (exact) mass is 376 g/mol. The number of aromatic nitrogens is 4. The highest BCUT2D eigenvalue weighted by Crippen LogP contribution is 2.27. The number of fused-ring (bicyclic) bond motifs is 1. The van der Waals surface area contributed by atoms with Gasteiger partial charge in [0.1, 0.15) is 0 Å². The fraction of sp³-hybridized carbons (Fsp3) is 0.312. The van der Waals surface area contributed by atoms with Crippen LogP contribution in [0, 0.1) is 0 Å². The summed E-state index contributed by atoms with van der Waals surface area (Å²) in [7, 11) is -3.76. The maximum Gasteiger partial charge on any atom is 0.318 e. The number of rotatable bonds is 6. The normalized spacial score (nSPS) is 13.1. The van der Waals surface area contributed by atoms with Gasteiger partial charge in [0.2, 0.25) is 10.0 Å². The van der Waals surface area contributed by atoms with Gasteiger partial charge in [-0.3, -0.25) is 0 Å². The van der Waals surface area contributed by atoms with Crippen LogP contribution in [0.5, 0.6) is 6.01 Å². The molecule has 1 atom stereocenters. The third-order valence-corrected chi connectivity index (χ3v) is 4.87. The van der Waals surface area contributed by atoms with Crippen molar-refractivity contribution in [1.82, 2.24) is 19.7 Å². The van der Waals surface area contributed by atoms with E-state index in [-0.39, 0.29) is 10.9 Å². The van der Waals surface area contributed by atoms with Crippen LogP contribution in [0.2, 0.25) is 0 Å². The molecule has 9 nitrogen and oxygen atoms in total. The quantitative estimate of drug-likeness (QED) is 0.652. The molecular formula is C16H20N6O3S. The zero-order valence-corrected chi connectivity index (χ0v) is 15.3. The summed E-state index contributed by atoms with van der Waals surface area (Å²) in [5, 5.41) is 10.2. The minimum absolute atomic E-state index is 0.0232. The van der Waals surface area contributed by atoms with E-state index in [1.165, 1.54) is 12.1 Å². The Morgan fingerprint density at radius 2 is 1.88 bits per heavy atom. The molecular weight excluding hydrogens is 356 g/mol. The lowest BCUT2D eigenvalue weighted by atomic mass is 10.0. The highest BCUT2D eigenvalue weighted by Gasteiger charge is 2.20. The van der Waals surface area contributed by atoms with Gasteiger partial charge in [-0.05, 0) is 31.5 Å². The van der Waals surface area contributed by atoms with Gasteiger partial charge in [-0.25, -0.2) is 18.2 Å². The van der Waals surface area contributed by atoms with E-state index < -0.39 is 16.1 Å². The van der Waals surface area contributed by atoms with Gasteiger partial charge in [-0.2, -0.15) is 15.1 Å². The maximum absolute atomic E-state index is 11.4. The Hall–Kier alpha value is -2.56. The fourth-order valence-electron chi connectivity index (χ4n) is 2.64. The molecule has 3 rings (SSSR count). The lowest BCUT2D eigenvalue weighted by Gasteiger charge is -2.14. The fourth-order valence-corrected chi connectivity index (χ4v) is 3.16. The Bertz CT molecular complexity index is 1030. The molecule has 0 saturated carbocycles. The van der Waals surface area contributed by atoms with Crippen LogP contribution in [0.3, 0.4) is 0 Å². The molecule has 0 aliphatic rings. The van der Waals surface area contributed by atoms with Gasteiger partial charge in [-0.1, -0.05) is 12.1 Å². The van der Waals surface area contributed by atoms with Crippen LogP contribution in [-0.4, -0.2) is 34.8 Å². The average Bonchev–Trinajstić information content (AvgIpc) is 3.03. The zero-order chi connectivity index (χ0) is 18.9. The molecule has 1 unspecified atom stereocenters. The molecule has 0 aliphatic carbocycles. The SMILES string of the molecule is CCOc1nc(C(N)c2ccc(S(N)(=O)=O)cc2)c2cnn(CC)c2n1. The molecule has 0 spiro atoms. The summed E-state index contributed by atoms with van der Waals surface area (Å²) in [6.07, 6.45) is 1.67. The number of hydrogen-bond acceptors (Lipinski definition) is 7. The minimum Gasteiger partial charge on any atom is -0.464 e. The van der Waals surface area contributed by atoms with Crippen molar-refractivity contribution in [3.8, 4) is 6.01 Å². The summed E-state index contributed by atoms with van der Waals surface area (Å²) in [6.45, 7) is 4.87. The third-order valence-electron chi connectivity index (χ3n) is 3.94. The van der Waals surface area contributed by atoms with E-state index >= 15 is 0 Å². The molecule has 3 aromatic rings. The molecule has 138 valence electrons. The van der Waals surface area contributed by atoms with Crippen LogP contribution in [0.1, 0.15) is 31.1 Å². The van der Waals surface area contributed by atoms with Crippen molar-refractivity contribution in [2.75, 3.05) is 6.61 Å². The summed E-state index contributed by atoms with van der Waals surface area (Å²) in [5.41, 5.74) is 8.27. The molecule has 0 radical (unpaired) electrons. The molecule has 0 bridgehead atoms. The van der Waals surface area contributed by atoms with Crippen molar-refractivity contribution >= 4 is 21.1 Å². The summed E-state index contributed by atoms with van der Waals surface area (Å²) < 4.78 is 30.0. The number of hydrogen-bond donors (Lipinski definition) is 2. The number of sulfonamides is 1. The lowest BCUT2D eigenvalue weighted by Crippen LogP contribution is -2.16. The topological polar surface area (TPSA) is 139 Å². The minimum atomic E-state index is -3.76. The highest BCUT2D eigenvalue weighted by atomic mass is 32.2. The number of aryl methyl sites for hydroxylation is 1. The first-order valence-electron chi connectivity index (χ1n) is 8.09. The summed E-state index contributed by atoms with van der Waals surface area (Å²) in [4.78, 5) is 8.85.